The summed E-state index contributed by atoms with van der Waals surface area (Å²) >= 11 is 0. The summed E-state index contributed by atoms with van der Waals surface area (Å²) in [6, 6.07) is 6.58. The minimum atomic E-state index is 0.560. The molecular weight excluding hydrogens is 224 g/mol. The third-order valence-corrected chi connectivity index (χ3v) is 3.77. The van der Waals surface area contributed by atoms with Crippen LogP contribution >= 0.6 is 0 Å². The molecule has 1 aromatic carbocycles. The number of nitrogens with one attached hydrogen (secondary N) is 1. The van der Waals surface area contributed by atoms with Gasteiger partial charge in [-0.2, -0.15) is 0 Å². The van der Waals surface area contributed by atoms with Crippen LogP contribution in [0, 0.1) is 6.92 Å². The van der Waals surface area contributed by atoms with E-state index < -0.39 is 0 Å². The molecule has 1 aromatic rings. The molecule has 0 spiro atoms. The van der Waals surface area contributed by atoms with Gasteiger partial charge >= 0.3 is 0 Å². The van der Waals surface area contributed by atoms with Gasteiger partial charge in [-0.3, -0.25) is 4.90 Å². The van der Waals surface area contributed by atoms with E-state index in [1.54, 1.807) is 0 Å². The predicted molar refractivity (Wildman–Crippen MR) is 78.0 cm³/mol. The lowest BCUT2D eigenvalue weighted by Gasteiger charge is -2.38. The van der Waals surface area contributed by atoms with Gasteiger partial charge in [-0.25, -0.2) is 0 Å². The van der Waals surface area contributed by atoms with Crippen molar-refractivity contribution in [2.24, 2.45) is 0 Å². The first-order valence-corrected chi connectivity index (χ1v) is 6.55. The van der Waals surface area contributed by atoms with E-state index in [-0.39, 0.29) is 0 Å². The molecule has 4 nitrogen and oxygen atoms in total. The summed E-state index contributed by atoms with van der Waals surface area (Å²) in [5, 5.41) is 3.53. The van der Waals surface area contributed by atoms with E-state index in [2.05, 4.69) is 42.2 Å². The minimum absolute atomic E-state index is 0.560. The Morgan fingerprint density at radius 2 is 2.11 bits per heavy atom. The molecule has 4 heteroatoms. The van der Waals surface area contributed by atoms with Gasteiger partial charge in [0.1, 0.15) is 0 Å². The average Bonchev–Trinajstić information content (AvgIpc) is 2.34. The van der Waals surface area contributed by atoms with Gasteiger partial charge in [0.15, 0.2) is 0 Å². The molecule has 1 saturated heterocycles. The number of nitrogen functional groups attached to an aromatic ring is 1. The summed E-state index contributed by atoms with van der Waals surface area (Å²) in [6.07, 6.45) is 0. The molecule has 0 radical (unpaired) electrons. The molecule has 0 bridgehead atoms. The van der Waals surface area contributed by atoms with Gasteiger partial charge in [-0.1, -0.05) is 6.07 Å². The maximum absolute atomic E-state index is 5.83. The number of nitrogens with two attached hydrogens (primary N) is 1. The largest absolute Gasteiger partial charge is 0.399 e. The Balaban J connectivity index is 1.96. The fourth-order valence-corrected chi connectivity index (χ4v) is 2.38. The van der Waals surface area contributed by atoms with Crippen molar-refractivity contribution in [1.29, 1.82) is 0 Å². The summed E-state index contributed by atoms with van der Waals surface area (Å²) < 4.78 is 0. The van der Waals surface area contributed by atoms with E-state index >= 15 is 0 Å². The molecule has 0 amide bonds. The maximum atomic E-state index is 5.83. The Bertz CT molecular complexity index is 405. The fourth-order valence-electron chi connectivity index (χ4n) is 2.38. The highest BCUT2D eigenvalue weighted by atomic mass is 15.3. The Labute approximate surface area is 110 Å². The molecule has 1 atom stereocenters. The number of hydrogen-bond donors (Lipinski definition) is 2. The fraction of sp³-hybridized carbons (Fsp3) is 0.571. The van der Waals surface area contributed by atoms with Crippen molar-refractivity contribution in [1.82, 2.24) is 9.80 Å². The van der Waals surface area contributed by atoms with Gasteiger partial charge < -0.3 is 16.0 Å². The summed E-state index contributed by atoms with van der Waals surface area (Å²) in [6.45, 7) is 6.48. The van der Waals surface area contributed by atoms with Gasteiger partial charge in [0.05, 0.1) is 0 Å². The van der Waals surface area contributed by atoms with Crippen LogP contribution < -0.4 is 11.1 Å². The van der Waals surface area contributed by atoms with E-state index in [0.717, 1.165) is 37.6 Å². The number of rotatable bonds is 3. The van der Waals surface area contributed by atoms with Gasteiger partial charge in [-0.15, -0.1) is 0 Å². The molecular formula is C14H24N4. The van der Waals surface area contributed by atoms with Crippen molar-refractivity contribution in [2.45, 2.75) is 13.0 Å². The minimum Gasteiger partial charge on any atom is -0.399 e. The van der Waals surface area contributed by atoms with Crippen LogP contribution in [-0.2, 0) is 0 Å². The first-order chi connectivity index (χ1) is 8.56. The highest BCUT2D eigenvalue weighted by Gasteiger charge is 2.21. The lowest BCUT2D eigenvalue weighted by Crippen LogP contribution is -2.52. The highest BCUT2D eigenvalue weighted by Crippen LogP contribution is 2.18. The van der Waals surface area contributed by atoms with Crippen LogP contribution in [-0.4, -0.2) is 56.1 Å². The highest BCUT2D eigenvalue weighted by molar-refractivity contribution is 5.59. The lowest BCUT2D eigenvalue weighted by atomic mass is 10.1. The monoisotopic (exact) mass is 248 g/mol. The van der Waals surface area contributed by atoms with Crippen molar-refractivity contribution >= 4 is 11.4 Å². The summed E-state index contributed by atoms with van der Waals surface area (Å²) in [5.74, 6) is 0. The second-order valence-electron chi connectivity index (χ2n) is 5.35. The lowest BCUT2D eigenvalue weighted by molar-refractivity contribution is 0.122. The van der Waals surface area contributed by atoms with Gasteiger partial charge in [0.25, 0.3) is 0 Å². The van der Waals surface area contributed by atoms with E-state index in [4.69, 9.17) is 5.73 Å². The average molecular weight is 248 g/mol. The number of anilines is 2. The van der Waals surface area contributed by atoms with Crippen molar-refractivity contribution in [3.05, 3.63) is 23.8 Å². The second kappa shape index (κ2) is 5.59. The molecule has 0 aromatic heterocycles. The second-order valence-corrected chi connectivity index (χ2v) is 5.35. The van der Waals surface area contributed by atoms with Crippen LogP contribution in [0.25, 0.3) is 0 Å². The number of piperazine rings is 1. The van der Waals surface area contributed by atoms with Crippen LogP contribution in [0.4, 0.5) is 11.4 Å². The van der Waals surface area contributed by atoms with Gasteiger partial charge in [0, 0.05) is 43.6 Å². The van der Waals surface area contributed by atoms with E-state index in [1.807, 2.05) is 12.1 Å². The van der Waals surface area contributed by atoms with Gasteiger partial charge in [-0.05, 0) is 38.7 Å². The molecule has 100 valence electrons. The van der Waals surface area contributed by atoms with Crippen LogP contribution in [0.1, 0.15) is 5.56 Å². The molecule has 1 heterocycles. The third kappa shape index (κ3) is 3.15. The molecule has 0 aliphatic carbocycles. The van der Waals surface area contributed by atoms with E-state index in [0.29, 0.717) is 6.04 Å². The first-order valence-electron chi connectivity index (χ1n) is 6.55. The zero-order valence-corrected chi connectivity index (χ0v) is 11.6. The molecule has 2 rings (SSSR count). The topological polar surface area (TPSA) is 44.5 Å². The zero-order valence-electron chi connectivity index (χ0n) is 11.6. The Morgan fingerprint density at radius 1 is 1.33 bits per heavy atom. The summed E-state index contributed by atoms with van der Waals surface area (Å²) in [7, 11) is 4.39. The van der Waals surface area contributed by atoms with Crippen LogP contribution in [0.15, 0.2) is 18.2 Å². The summed E-state index contributed by atoms with van der Waals surface area (Å²) in [4.78, 5) is 4.81. The van der Waals surface area contributed by atoms with Crippen LogP contribution in [0.5, 0.6) is 0 Å². The Kier molecular flexibility index (Phi) is 4.09. The molecule has 1 aliphatic heterocycles. The van der Waals surface area contributed by atoms with Crippen molar-refractivity contribution in [3.63, 3.8) is 0 Å². The number of benzene rings is 1. The maximum Gasteiger partial charge on any atom is 0.0393 e. The molecule has 3 N–H and O–H groups in total. The summed E-state index contributed by atoms with van der Waals surface area (Å²) in [5.41, 5.74) is 9.04. The number of nitrogens with zero attached hydrogens (tertiary/aromatic N) is 2. The third-order valence-electron chi connectivity index (χ3n) is 3.77. The normalized spacial score (nSPS) is 22.1. The Morgan fingerprint density at radius 3 is 2.89 bits per heavy atom. The molecule has 1 unspecified atom stereocenters. The standard InChI is InChI=1S/C14H24N4/c1-11-4-5-12(15)8-14(11)16-9-13-10-17(2)6-7-18(13)3/h4-5,8,13,16H,6-7,9-10,15H2,1-3H3. The van der Waals surface area contributed by atoms with E-state index in [1.165, 1.54) is 5.56 Å². The Hall–Kier alpha value is -1.26. The van der Waals surface area contributed by atoms with Crippen molar-refractivity contribution in [2.75, 3.05) is 51.3 Å². The molecule has 1 fully saturated rings. The molecule has 1 aliphatic rings. The first kappa shape index (κ1) is 13.2. The molecule has 0 saturated carbocycles. The van der Waals surface area contributed by atoms with Crippen molar-refractivity contribution < 1.29 is 0 Å². The SMILES string of the molecule is Cc1ccc(N)cc1NCC1CN(C)CCN1C. The van der Waals surface area contributed by atoms with Crippen LogP contribution in [0.3, 0.4) is 0 Å². The quantitative estimate of drug-likeness (QED) is 0.790. The van der Waals surface area contributed by atoms with Crippen molar-refractivity contribution in [3.8, 4) is 0 Å². The molecule has 18 heavy (non-hydrogen) atoms. The number of aryl methyl sites for hydroxylation is 1. The van der Waals surface area contributed by atoms with Crippen LogP contribution in [0.2, 0.25) is 0 Å². The zero-order chi connectivity index (χ0) is 13.1. The smallest absolute Gasteiger partial charge is 0.0393 e. The number of hydrogen-bond acceptors (Lipinski definition) is 4. The van der Waals surface area contributed by atoms with Gasteiger partial charge in [0.2, 0.25) is 0 Å². The van der Waals surface area contributed by atoms with E-state index in [9.17, 15) is 0 Å². The predicted octanol–water partition coefficient (Wildman–Crippen LogP) is 1.23. The number of likely N-dealkylation sites (N-methyl/N-ethyl adjacent to an activating group) is 2.